The number of methoxy groups -OCH3 is 1. The Kier molecular flexibility index (Phi) is 5.64. The molecule has 0 unspecified atom stereocenters. The molecule has 0 saturated heterocycles. The van der Waals surface area contributed by atoms with Crippen molar-refractivity contribution < 1.29 is 4.74 Å². The molecule has 0 amide bonds. The molecule has 0 saturated carbocycles. The number of ether oxygens (including phenoxy) is 1. The second kappa shape index (κ2) is 7.70. The van der Waals surface area contributed by atoms with E-state index in [9.17, 15) is 0 Å². The molecule has 0 aliphatic carbocycles. The first-order valence-corrected chi connectivity index (χ1v) is 7.38. The van der Waals surface area contributed by atoms with Crippen molar-refractivity contribution in [2.75, 3.05) is 25.6 Å². The summed E-state index contributed by atoms with van der Waals surface area (Å²) in [5, 5.41) is 3.19. The maximum Gasteiger partial charge on any atom is 0.123 e. The molecule has 0 spiro atoms. The summed E-state index contributed by atoms with van der Waals surface area (Å²) >= 11 is 0. The molecule has 0 aliphatic heterocycles. The molecule has 3 nitrogen and oxygen atoms in total. The van der Waals surface area contributed by atoms with Crippen molar-refractivity contribution in [1.29, 1.82) is 0 Å². The molecule has 0 bridgehead atoms. The molecule has 0 heterocycles. The minimum absolute atomic E-state index is 0.848. The number of para-hydroxylation sites is 1. The number of rotatable bonds is 7. The third kappa shape index (κ3) is 3.99. The first kappa shape index (κ1) is 15.4. The molecule has 0 radical (unpaired) electrons. The predicted octanol–water partition coefficient (Wildman–Crippen LogP) is 3.44. The van der Waals surface area contributed by atoms with Gasteiger partial charge >= 0.3 is 0 Å². The molecule has 1 N–H and O–H groups in total. The first-order chi connectivity index (χ1) is 10.3. The van der Waals surface area contributed by atoms with Gasteiger partial charge in [0.2, 0.25) is 0 Å². The van der Waals surface area contributed by atoms with E-state index in [1.165, 1.54) is 16.8 Å². The van der Waals surface area contributed by atoms with Crippen molar-refractivity contribution in [1.82, 2.24) is 5.32 Å². The van der Waals surface area contributed by atoms with Crippen LogP contribution < -0.4 is 15.0 Å². The fraction of sp³-hybridized carbons (Fsp3) is 0.333. The number of hydrogen-bond acceptors (Lipinski definition) is 3. The van der Waals surface area contributed by atoms with Crippen molar-refractivity contribution in [3.05, 3.63) is 59.7 Å². The molecule has 0 aromatic heterocycles. The summed E-state index contributed by atoms with van der Waals surface area (Å²) in [6.45, 7) is 4.86. The zero-order valence-corrected chi connectivity index (χ0v) is 13.1. The topological polar surface area (TPSA) is 24.5 Å². The van der Waals surface area contributed by atoms with E-state index in [1.54, 1.807) is 7.11 Å². The third-order valence-corrected chi connectivity index (χ3v) is 3.59. The van der Waals surface area contributed by atoms with Gasteiger partial charge in [-0.2, -0.15) is 0 Å². The van der Waals surface area contributed by atoms with Crippen LogP contribution in [-0.4, -0.2) is 20.7 Å². The average Bonchev–Trinajstić information content (AvgIpc) is 2.54. The Labute approximate surface area is 127 Å². The largest absolute Gasteiger partial charge is 0.496 e. The lowest BCUT2D eigenvalue weighted by molar-refractivity contribution is 0.409. The Morgan fingerprint density at radius 3 is 2.48 bits per heavy atom. The van der Waals surface area contributed by atoms with Crippen molar-refractivity contribution >= 4 is 5.69 Å². The quantitative estimate of drug-likeness (QED) is 0.843. The van der Waals surface area contributed by atoms with Crippen LogP contribution in [0.1, 0.15) is 18.1 Å². The van der Waals surface area contributed by atoms with Crippen LogP contribution in [0, 0.1) is 0 Å². The van der Waals surface area contributed by atoms with Gasteiger partial charge in [0.05, 0.1) is 7.11 Å². The van der Waals surface area contributed by atoms with E-state index in [0.717, 1.165) is 25.4 Å². The van der Waals surface area contributed by atoms with Gasteiger partial charge in [-0.15, -0.1) is 0 Å². The van der Waals surface area contributed by atoms with Crippen LogP contribution >= 0.6 is 0 Å². The summed E-state index contributed by atoms with van der Waals surface area (Å²) in [6, 6.07) is 16.9. The molecule has 21 heavy (non-hydrogen) atoms. The van der Waals surface area contributed by atoms with Crippen LogP contribution in [0.15, 0.2) is 48.5 Å². The fourth-order valence-electron chi connectivity index (χ4n) is 2.50. The van der Waals surface area contributed by atoms with Gasteiger partial charge in [0.25, 0.3) is 0 Å². The summed E-state index contributed by atoms with van der Waals surface area (Å²) in [4.78, 5) is 2.35. The highest BCUT2D eigenvalue weighted by Crippen LogP contribution is 2.24. The standard InChI is InChI=1S/C18H24N2O/c1-4-20(17-8-6-5-7-9-17)14-16-12-15(13-19-2)10-11-18(16)21-3/h5-12,19H,4,13-14H2,1-3H3. The van der Waals surface area contributed by atoms with Gasteiger partial charge in [0.1, 0.15) is 5.75 Å². The van der Waals surface area contributed by atoms with Crippen LogP contribution in [0.4, 0.5) is 5.69 Å². The number of benzene rings is 2. The van der Waals surface area contributed by atoms with E-state index in [1.807, 2.05) is 13.1 Å². The van der Waals surface area contributed by atoms with Crippen molar-refractivity contribution in [3.63, 3.8) is 0 Å². The predicted molar refractivity (Wildman–Crippen MR) is 88.9 cm³/mol. The van der Waals surface area contributed by atoms with Gasteiger partial charge in [-0.05, 0) is 43.8 Å². The first-order valence-electron chi connectivity index (χ1n) is 7.38. The summed E-state index contributed by atoms with van der Waals surface area (Å²) < 4.78 is 5.51. The zero-order chi connectivity index (χ0) is 15.1. The smallest absolute Gasteiger partial charge is 0.123 e. The highest BCUT2D eigenvalue weighted by molar-refractivity contribution is 5.48. The molecule has 112 valence electrons. The molecular weight excluding hydrogens is 260 g/mol. The molecule has 0 atom stereocenters. The van der Waals surface area contributed by atoms with Gasteiger partial charge < -0.3 is 15.0 Å². The van der Waals surface area contributed by atoms with Gasteiger partial charge in [-0.1, -0.05) is 24.3 Å². The Hall–Kier alpha value is -2.00. The second-order valence-corrected chi connectivity index (χ2v) is 5.03. The average molecular weight is 284 g/mol. The number of hydrogen-bond donors (Lipinski definition) is 1. The number of anilines is 1. The minimum Gasteiger partial charge on any atom is -0.496 e. The minimum atomic E-state index is 0.848. The van der Waals surface area contributed by atoms with Gasteiger partial charge in [0.15, 0.2) is 0 Å². The lowest BCUT2D eigenvalue weighted by atomic mass is 10.1. The highest BCUT2D eigenvalue weighted by Gasteiger charge is 2.10. The monoisotopic (exact) mass is 284 g/mol. The Morgan fingerprint density at radius 1 is 1.10 bits per heavy atom. The summed E-state index contributed by atoms with van der Waals surface area (Å²) in [5.74, 6) is 0.948. The Morgan fingerprint density at radius 2 is 1.86 bits per heavy atom. The van der Waals surface area contributed by atoms with Crippen LogP contribution in [-0.2, 0) is 13.1 Å². The summed E-state index contributed by atoms with van der Waals surface area (Å²) in [7, 11) is 3.70. The van der Waals surface area contributed by atoms with E-state index < -0.39 is 0 Å². The van der Waals surface area contributed by atoms with E-state index in [-0.39, 0.29) is 0 Å². The van der Waals surface area contributed by atoms with Gasteiger partial charge in [-0.25, -0.2) is 0 Å². The Bertz CT molecular complexity index is 554. The zero-order valence-electron chi connectivity index (χ0n) is 13.1. The van der Waals surface area contributed by atoms with Gasteiger partial charge in [-0.3, -0.25) is 0 Å². The van der Waals surface area contributed by atoms with E-state index >= 15 is 0 Å². The number of nitrogens with one attached hydrogen (secondary N) is 1. The van der Waals surface area contributed by atoms with Gasteiger partial charge in [0, 0.05) is 30.9 Å². The van der Waals surface area contributed by atoms with E-state index in [4.69, 9.17) is 4.74 Å². The second-order valence-electron chi connectivity index (χ2n) is 5.03. The van der Waals surface area contributed by atoms with Crippen LogP contribution in [0.2, 0.25) is 0 Å². The summed E-state index contributed by atoms with van der Waals surface area (Å²) in [5.41, 5.74) is 3.73. The fourth-order valence-corrected chi connectivity index (χ4v) is 2.50. The normalized spacial score (nSPS) is 10.4. The maximum atomic E-state index is 5.51. The third-order valence-electron chi connectivity index (χ3n) is 3.59. The lowest BCUT2D eigenvalue weighted by Gasteiger charge is -2.24. The van der Waals surface area contributed by atoms with E-state index in [2.05, 4.69) is 59.6 Å². The molecule has 3 heteroatoms. The lowest BCUT2D eigenvalue weighted by Crippen LogP contribution is -2.22. The molecule has 2 rings (SSSR count). The van der Waals surface area contributed by atoms with Crippen LogP contribution in [0.5, 0.6) is 5.75 Å². The SMILES string of the molecule is CCN(Cc1cc(CNC)ccc1OC)c1ccccc1. The van der Waals surface area contributed by atoms with Crippen LogP contribution in [0.3, 0.4) is 0 Å². The van der Waals surface area contributed by atoms with Crippen molar-refractivity contribution in [2.24, 2.45) is 0 Å². The molecule has 2 aromatic carbocycles. The highest BCUT2D eigenvalue weighted by atomic mass is 16.5. The van der Waals surface area contributed by atoms with Crippen LogP contribution in [0.25, 0.3) is 0 Å². The van der Waals surface area contributed by atoms with Crippen molar-refractivity contribution in [3.8, 4) is 5.75 Å². The molecule has 0 aliphatic rings. The molecular formula is C18H24N2O. The Balaban J connectivity index is 2.25. The van der Waals surface area contributed by atoms with Crippen molar-refractivity contribution in [2.45, 2.75) is 20.0 Å². The maximum absolute atomic E-state index is 5.51. The molecule has 2 aromatic rings. The number of nitrogens with zero attached hydrogens (tertiary/aromatic N) is 1. The molecule has 0 fully saturated rings. The van der Waals surface area contributed by atoms with E-state index in [0.29, 0.717) is 0 Å². The summed E-state index contributed by atoms with van der Waals surface area (Å²) in [6.07, 6.45) is 0.